The van der Waals surface area contributed by atoms with E-state index in [1.54, 1.807) is 35.8 Å². The van der Waals surface area contributed by atoms with Gasteiger partial charge < -0.3 is 26.0 Å². The number of halogens is 3. The molecule has 1 aliphatic rings. The predicted molar refractivity (Wildman–Crippen MR) is 158 cm³/mol. The average Bonchev–Trinajstić information content (AvgIpc) is 3.51. The Bertz CT molecular complexity index is 1160. The number of nitrogens with two attached hydrogens (primary N) is 1. The summed E-state index contributed by atoms with van der Waals surface area (Å²) in [6.45, 7) is 7.14. The highest BCUT2D eigenvalue weighted by atomic mass is 32.2. The molecule has 0 saturated carbocycles. The van der Waals surface area contributed by atoms with Crippen molar-refractivity contribution in [2.45, 2.75) is 52.2 Å². The van der Waals surface area contributed by atoms with Gasteiger partial charge in [-0.25, -0.2) is 22.9 Å². The Labute approximate surface area is 249 Å². The second-order valence-electron chi connectivity index (χ2n) is 9.39. The van der Waals surface area contributed by atoms with Crippen molar-refractivity contribution in [2.75, 3.05) is 30.1 Å². The quantitative estimate of drug-likeness (QED) is 0.145. The molecule has 42 heavy (non-hydrogen) atoms. The van der Waals surface area contributed by atoms with Crippen LogP contribution in [0.1, 0.15) is 38.3 Å². The van der Waals surface area contributed by atoms with Crippen LogP contribution in [-0.4, -0.2) is 65.0 Å². The summed E-state index contributed by atoms with van der Waals surface area (Å²) in [5, 5.41) is 5.63. The molecule has 3 rings (SSSR count). The van der Waals surface area contributed by atoms with Crippen molar-refractivity contribution in [1.29, 1.82) is 0 Å². The van der Waals surface area contributed by atoms with E-state index in [1.165, 1.54) is 0 Å². The highest BCUT2D eigenvalue weighted by Gasteiger charge is 2.24. The van der Waals surface area contributed by atoms with Crippen molar-refractivity contribution in [1.82, 2.24) is 15.2 Å². The summed E-state index contributed by atoms with van der Waals surface area (Å²) in [4.78, 5) is 39.8. The van der Waals surface area contributed by atoms with Gasteiger partial charge in [0.25, 0.3) is 0 Å². The molecule has 0 bridgehead atoms. The van der Waals surface area contributed by atoms with E-state index in [1.807, 2.05) is 19.9 Å². The molecule has 1 aromatic heterocycles. The molecule has 0 spiro atoms. The van der Waals surface area contributed by atoms with Crippen molar-refractivity contribution in [3.63, 3.8) is 0 Å². The zero-order valence-corrected chi connectivity index (χ0v) is 24.8. The lowest BCUT2D eigenvalue weighted by molar-refractivity contribution is -0.145. The molecule has 9 nitrogen and oxygen atoms in total. The molecule has 1 fully saturated rings. The highest BCUT2D eigenvalue weighted by Crippen LogP contribution is 2.18. The number of ether oxygens (including phenoxy) is 1. The summed E-state index contributed by atoms with van der Waals surface area (Å²) in [5.41, 5.74) is 6.67. The minimum atomic E-state index is -1.23. The number of terminal acetylenes is 1. The van der Waals surface area contributed by atoms with Crippen LogP contribution >= 0.6 is 11.8 Å². The molecule has 13 heteroatoms. The molecular weight excluding hydrogens is 571 g/mol. The SMILES string of the molecule is C#C.CCOC(=O)C(Nc1ccc(CNC=O)cn1)C(C)C.N[C@@H](CC(=O)N1CCSC1)Cc1cc(F)c(F)cc1F. The fourth-order valence-electron chi connectivity index (χ4n) is 3.70. The molecular formula is C29H38F3N5O4S. The molecule has 0 aliphatic carbocycles. The second kappa shape index (κ2) is 19.4. The van der Waals surface area contributed by atoms with Crippen LogP contribution in [-0.2, 0) is 32.1 Å². The van der Waals surface area contributed by atoms with Crippen molar-refractivity contribution in [2.24, 2.45) is 11.7 Å². The van der Waals surface area contributed by atoms with E-state index < -0.39 is 29.5 Å². The number of hydrogen-bond donors (Lipinski definition) is 3. The Hall–Kier alpha value is -3.76. The van der Waals surface area contributed by atoms with Gasteiger partial charge in [-0.3, -0.25) is 9.59 Å². The summed E-state index contributed by atoms with van der Waals surface area (Å²) in [7, 11) is 0. The molecule has 2 aromatic rings. The van der Waals surface area contributed by atoms with Crippen LogP contribution in [0, 0.1) is 36.2 Å². The molecule has 2 atom stereocenters. The summed E-state index contributed by atoms with van der Waals surface area (Å²) in [6, 6.07) is 3.86. The Morgan fingerprint density at radius 3 is 2.43 bits per heavy atom. The lowest BCUT2D eigenvalue weighted by Crippen LogP contribution is -2.36. The van der Waals surface area contributed by atoms with Crippen LogP contribution in [0.5, 0.6) is 0 Å². The Morgan fingerprint density at radius 1 is 1.19 bits per heavy atom. The van der Waals surface area contributed by atoms with Gasteiger partial charge in [0.15, 0.2) is 11.6 Å². The average molecular weight is 610 g/mol. The predicted octanol–water partition coefficient (Wildman–Crippen LogP) is 3.47. The number of anilines is 1. The fraction of sp³-hybridized carbons (Fsp3) is 0.448. The van der Waals surface area contributed by atoms with Gasteiger partial charge in [-0.1, -0.05) is 19.9 Å². The number of hydrogen-bond acceptors (Lipinski definition) is 8. The van der Waals surface area contributed by atoms with E-state index in [0.717, 1.165) is 17.4 Å². The first-order valence-corrected chi connectivity index (χ1v) is 14.3. The van der Waals surface area contributed by atoms with Gasteiger partial charge in [0.1, 0.15) is 17.7 Å². The fourth-order valence-corrected chi connectivity index (χ4v) is 4.67. The molecule has 1 unspecified atom stereocenters. The molecule has 2 amide bonds. The summed E-state index contributed by atoms with van der Waals surface area (Å²) >= 11 is 1.66. The first kappa shape index (κ1) is 36.3. The normalized spacial score (nSPS) is 13.5. The molecule has 1 aromatic carbocycles. The number of benzene rings is 1. The number of carbonyl (C=O) groups excluding carboxylic acids is 3. The minimum Gasteiger partial charge on any atom is -0.464 e. The summed E-state index contributed by atoms with van der Waals surface area (Å²) < 4.78 is 44.4. The van der Waals surface area contributed by atoms with Crippen LogP contribution in [0.25, 0.3) is 0 Å². The van der Waals surface area contributed by atoms with Crippen LogP contribution in [0.2, 0.25) is 0 Å². The highest BCUT2D eigenvalue weighted by molar-refractivity contribution is 7.99. The number of amides is 2. The number of aromatic nitrogens is 1. The van der Waals surface area contributed by atoms with E-state index in [2.05, 4.69) is 28.5 Å². The molecule has 0 radical (unpaired) electrons. The number of nitrogens with one attached hydrogen (secondary N) is 2. The second-order valence-corrected chi connectivity index (χ2v) is 10.5. The van der Waals surface area contributed by atoms with Gasteiger partial charge in [-0.15, -0.1) is 24.6 Å². The van der Waals surface area contributed by atoms with Gasteiger partial charge >= 0.3 is 5.97 Å². The maximum atomic E-state index is 13.5. The standard InChI is InChI=1S/C14H21N3O3.C13H15F3N2OS.C2H2/c1-4-20-14(19)13(10(2)3)17-12-6-5-11(8-16-12)7-15-9-18;14-10-6-12(16)11(15)4-8(10)3-9(17)5-13(19)18-1-2-20-7-18;1-2/h5-6,8-10,13H,4,7H2,1-3H3,(H,15,18)(H,16,17);4,6,9H,1-3,5,7,17H2;1-2H/t;9-;/m.1./s1. The van der Waals surface area contributed by atoms with Crippen molar-refractivity contribution in [3.8, 4) is 12.8 Å². The van der Waals surface area contributed by atoms with E-state index in [0.29, 0.717) is 43.9 Å². The molecule has 2 heterocycles. The zero-order chi connectivity index (χ0) is 31.7. The zero-order valence-electron chi connectivity index (χ0n) is 23.9. The van der Waals surface area contributed by atoms with Gasteiger partial charge in [0, 0.05) is 43.6 Å². The number of rotatable bonds is 12. The maximum absolute atomic E-state index is 13.5. The van der Waals surface area contributed by atoms with E-state index >= 15 is 0 Å². The van der Waals surface area contributed by atoms with Crippen LogP contribution in [0.3, 0.4) is 0 Å². The van der Waals surface area contributed by atoms with Gasteiger partial charge in [0.2, 0.25) is 12.3 Å². The number of nitrogens with zero attached hydrogens (tertiary/aromatic N) is 2. The summed E-state index contributed by atoms with van der Waals surface area (Å²) in [6.07, 6.45) is 10.4. The van der Waals surface area contributed by atoms with Crippen molar-refractivity contribution < 1.29 is 32.3 Å². The van der Waals surface area contributed by atoms with Crippen LogP contribution in [0.15, 0.2) is 30.5 Å². The Kier molecular flexibility index (Phi) is 16.7. The van der Waals surface area contributed by atoms with Gasteiger partial charge in [-0.05, 0) is 42.5 Å². The van der Waals surface area contributed by atoms with E-state index in [-0.39, 0.29) is 36.2 Å². The smallest absolute Gasteiger partial charge is 0.328 e. The van der Waals surface area contributed by atoms with Crippen LogP contribution in [0.4, 0.5) is 19.0 Å². The number of thioether (sulfide) groups is 1. The first-order valence-electron chi connectivity index (χ1n) is 13.2. The third kappa shape index (κ3) is 12.4. The Morgan fingerprint density at radius 2 is 1.88 bits per heavy atom. The number of pyridine rings is 1. The van der Waals surface area contributed by atoms with Gasteiger partial charge in [0.05, 0.1) is 12.5 Å². The van der Waals surface area contributed by atoms with Crippen molar-refractivity contribution >= 4 is 35.9 Å². The maximum Gasteiger partial charge on any atom is 0.328 e. The molecule has 1 saturated heterocycles. The Balaban J connectivity index is 0.000000397. The minimum absolute atomic E-state index is 0.00421. The van der Waals surface area contributed by atoms with E-state index in [4.69, 9.17) is 10.5 Å². The number of carbonyl (C=O) groups is 3. The third-order valence-corrected chi connectivity index (χ3v) is 6.80. The van der Waals surface area contributed by atoms with Gasteiger partial charge in [-0.2, -0.15) is 0 Å². The lowest BCUT2D eigenvalue weighted by atomic mass is 10.0. The monoisotopic (exact) mass is 609 g/mol. The topological polar surface area (TPSA) is 127 Å². The number of esters is 1. The van der Waals surface area contributed by atoms with Crippen LogP contribution < -0.4 is 16.4 Å². The van der Waals surface area contributed by atoms with E-state index in [9.17, 15) is 27.6 Å². The first-order chi connectivity index (χ1) is 20.0. The molecule has 1 aliphatic heterocycles. The summed E-state index contributed by atoms with van der Waals surface area (Å²) in [5.74, 6) is -1.33. The van der Waals surface area contributed by atoms with Crippen molar-refractivity contribution in [3.05, 3.63) is 59.0 Å². The molecule has 230 valence electrons. The molecule has 4 N–H and O–H groups in total. The lowest BCUT2D eigenvalue weighted by Gasteiger charge is -2.21. The largest absolute Gasteiger partial charge is 0.464 e. The third-order valence-electron chi connectivity index (χ3n) is 5.84.